The first-order valence-electron chi connectivity index (χ1n) is 5.67. The minimum Gasteiger partial charge on any atom is -0.508 e. The topological polar surface area (TPSA) is 75.3 Å². The average molecular weight is 271 g/mol. The van der Waals surface area contributed by atoms with E-state index in [4.69, 9.17) is 10.8 Å². The summed E-state index contributed by atoms with van der Waals surface area (Å²) < 4.78 is 0. The van der Waals surface area contributed by atoms with Crippen LogP contribution in [0, 0.1) is 0 Å². The first-order chi connectivity index (χ1) is 8.22. The van der Waals surface area contributed by atoms with E-state index in [2.05, 4.69) is 5.32 Å². The number of nitrogens with two attached hydrogens (primary N) is 1. The molecular weight excluding hydrogens is 252 g/mol. The van der Waals surface area contributed by atoms with E-state index >= 15 is 0 Å². The molecule has 0 fully saturated rings. The van der Waals surface area contributed by atoms with E-state index < -0.39 is 0 Å². The lowest BCUT2D eigenvalue weighted by Gasteiger charge is -2.00. The number of phenolic OH excluding ortho intramolecular Hbond substituents is 1. The van der Waals surface area contributed by atoms with Gasteiger partial charge in [-0.25, -0.2) is 0 Å². The van der Waals surface area contributed by atoms with Gasteiger partial charge in [-0.3, -0.25) is 4.79 Å². The Labute approximate surface area is 113 Å². The molecule has 0 unspecified atom stereocenters. The predicted molar refractivity (Wildman–Crippen MR) is 75.7 cm³/mol. The van der Waals surface area contributed by atoms with E-state index in [9.17, 15) is 4.79 Å². The molecule has 18 heavy (non-hydrogen) atoms. The van der Waals surface area contributed by atoms with Gasteiger partial charge in [0.15, 0.2) is 0 Å². The SMILES string of the molecule is Cl.NCCCCNC(=O)/C=C/c1ccc(O)cc1. The second-order valence-electron chi connectivity index (χ2n) is 3.71. The van der Waals surface area contributed by atoms with E-state index in [1.807, 2.05) is 0 Å². The number of hydrogen-bond donors (Lipinski definition) is 3. The fourth-order valence-corrected chi connectivity index (χ4v) is 1.30. The lowest BCUT2D eigenvalue weighted by molar-refractivity contribution is -0.116. The van der Waals surface area contributed by atoms with Crippen LogP contribution in [0.4, 0.5) is 0 Å². The third-order valence-corrected chi connectivity index (χ3v) is 2.25. The molecule has 0 heterocycles. The molecule has 0 saturated heterocycles. The normalized spacial score (nSPS) is 10.1. The van der Waals surface area contributed by atoms with Crippen molar-refractivity contribution in [3.05, 3.63) is 35.9 Å². The summed E-state index contributed by atoms with van der Waals surface area (Å²) in [6.07, 6.45) is 5.00. The minimum atomic E-state index is -0.116. The lowest BCUT2D eigenvalue weighted by atomic mass is 10.2. The molecule has 0 aliphatic heterocycles. The largest absolute Gasteiger partial charge is 0.508 e. The highest BCUT2D eigenvalue weighted by atomic mass is 35.5. The number of benzene rings is 1. The Bertz CT molecular complexity index is 377. The van der Waals surface area contributed by atoms with Crippen molar-refractivity contribution in [3.63, 3.8) is 0 Å². The lowest BCUT2D eigenvalue weighted by Crippen LogP contribution is -2.22. The van der Waals surface area contributed by atoms with E-state index in [1.54, 1.807) is 30.3 Å². The van der Waals surface area contributed by atoms with Crippen molar-refractivity contribution in [1.29, 1.82) is 0 Å². The smallest absolute Gasteiger partial charge is 0.243 e. The molecule has 0 aromatic heterocycles. The zero-order valence-electron chi connectivity index (χ0n) is 10.1. The van der Waals surface area contributed by atoms with Gasteiger partial charge in [-0.2, -0.15) is 0 Å². The number of halogens is 1. The number of nitrogens with one attached hydrogen (secondary N) is 1. The van der Waals surface area contributed by atoms with Crippen LogP contribution in [-0.4, -0.2) is 24.1 Å². The first kappa shape index (κ1) is 16.5. The highest BCUT2D eigenvalue weighted by Crippen LogP contribution is 2.10. The van der Waals surface area contributed by atoms with E-state index in [-0.39, 0.29) is 24.1 Å². The van der Waals surface area contributed by atoms with Crippen molar-refractivity contribution >= 4 is 24.4 Å². The predicted octanol–water partition coefficient (Wildman–Crippen LogP) is 1.68. The third-order valence-electron chi connectivity index (χ3n) is 2.25. The maximum atomic E-state index is 11.4. The molecule has 0 aliphatic carbocycles. The molecule has 5 heteroatoms. The standard InChI is InChI=1S/C13H18N2O2.ClH/c14-9-1-2-10-15-13(17)8-5-11-3-6-12(16)7-4-11;/h3-8,16H,1-2,9-10,14H2,(H,15,17);1H/b8-5+;. The molecule has 1 amide bonds. The number of aromatic hydroxyl groups is 1. The summed E-state index contributed by atoms with van der Waals surface area (Å²) in [5.74, 6) is 0.100. The maximum Gasteiger partial charge on any atom is 0.243 e. The van der Waals surface area contributed by atoms with Gasteiger partial charge >= 0.3 is 0 Å². The van der Waals surface area contributed by atoms with Crippen LogP contribution >= 0.6 is 12.4 Å². The van der Waals surface area contributed by atoms with Crippen molar-refractivity contribution < 1.29 is 9.90 Å². The number of carbonyl (C=O) groups is 1. The molecule has 0 bridgehead atoms. The van der Waals surface area contributed by atoms with Crippen molar-refractivity contribution in [2.75, 3.05) is 13.1 Å². The zero-order valence-corrected chi connectivity index (χ0v) is 11.0. The Morgan fingerprint density at radius 3 is 2.56 bits per heavy atom. The third kappa shape index (κ3) is 6.93. The fourth-order valence-electron chi connectivity index (χ4n) is 1.30. The summed E-state index contributed by atoms with van der Waals surface area (Å²) in [4.78, 5) is 11.4. The van der Waals surface area contributed by atoms with Gasteiger partial charge in [0.1, 0.15) is 5.75 Å². The van der Waals surface area contributed by atoms with Crippen LogP contribution in [-0.2, 0) is 4.79 Å². The van der Waals surface area contributed by atoms with Gasteiger partial charge in [0.25, 0.3) is 0 Å². The number of rotatable bonds is 6. The molecular formula is C13H19ClN2O2. The summed E-state index contributed by atoms with van der Waals surface area (Å²) in [5, 5.41) is 11.9. The van der Waals surface area contributed by atoms with E-state index in [0.29, 0.717) is 13.1 Å². The second kappa shape index (κ2) is 9.50. The molecule has 100 valence electrons. The van der Waals surface area contributed by atoms with Crippen molar-refractivity contribution in [3.8, 4) is 5.75 Å². The Kier molecular flexibility index (Phi) is 8.70. The van der Waals surface area contributed by atoms with Crippen LogP contribution < -0.4 is 11.1 Å². The summed E-state index contributed by atoms with van der Waals surface area (Å²) in [7, 11) is 0. The van der Waals surface area contributed by atoms with Crippen molar-refractivity contribution in [2.24, 2.45) is 5.73 Å². The highest BCUT2D eigenvalue weighted by Gasteiger charge is 1.94. The first-order valence-corrected chi connectivity index (χ1v) is 5.67. The second-order valence-corrected chi connectivity index (χ2v) is 3.71. The van der Waals surface area contributed by atoms with Crippen LogP contribution in [0.3, 0.4) is 0 Å². The molecule has 0 atom stereocenters. The van der Waals surface area contributed by atoms with Gasteiger partial charge in [0.2, 0.25) is 5.91 Å². The van der Waals surface area contributed by atoms with Gasteiger partial charge in [0.05, 0.1) is 0 Å². The number of phenols is 1. The Morgan fingerprint density at radius 2 is 1.94 bits per heavy atom. The number of hydrogen-bond acceptors (Lipinski definition) is 3. The van der Waals surface area contributed by atoms with E-state index in [0.717, 1.165) is 18.4 Å². The van der Waals surface area contributed by atoms with Crippen LogP contribution in [0.5, 0.6) is 5.75 Å². The van der Waals surface area contributed by atoms with Gasteiger partial charge in [-0.15, -0.1) is 12.4 Å². The monoisotopic (exact) mass is 270 g/mol. The van der Waals surface area contributed by atoms with Crippen LogP contribution in [0.2, 0.25) is 0 Å². The molecule has 4 N–H and O–H groups in total. The molecule has 0 spiro atoms. The molecule has 1 aromatic carbocycles. The van der Waals surface area contributed by atoms with Gasteiger partial charge in [-0.1, -0.05) is 12.1 Å². The zero-order chi connectivity index (χ0) is 12.5. The van der Waals surface area contributed by atoms with Gasteiger partial charge < -0.3 is 16.2 Å². The molecule has 0 saturated carbocycles. The molecule has 0 aliphatic rings. The quantitative estimate of drug-likeness (QED) is 0.544. The minimum absolute atomic E-state index is 0. The van der Waals surface area contributed by atoms with Crippen LogP contribution in [0.15, 0.2) is 30.3 Å². The van der Waals surface area contributed by atoms with Crippen molar-refractivity contribution in [2.45, 2.75) is 12.8 Å². The Balaban J connectivity index is 0.00000289. The molecule has 1 rings (SSSR count). The number of amides is 1. The summed E-state index contributed by atoms with van der Waals surface area (Å²) in [5.41, 5.74) is 6.22. The fraction of sp³-hybridized carbons (Fsp3) is 0.308. The average Bonchev–Trinajstić information content (AvgIpc) is 2.34. The highest BCUT2D eigenvalue weighted by molar-refractivity contribution is 5.91. The van der Waals surface area contributed by atoms with Crippen LogP contribution in [0.25, 0.3) is 6.08 Å². The Hall–Kier alpha value is -1.52. The molecule has 1 aromatic rings. The van der Waals surface area contributed by atoms with Gasteiger partial charge in [0, 0.05) is 12.6 Å². The Morgan fingerprint density at radius 1 is 1.28 bits per heavy atom. The van der Waals surface area contributed by atoms with E-state index in [1.165, 1.54) is 6.08 Å². The number of carbonyl (C=O) groups excluding carboxylic acids is 1. The van der Waals surface area contributed by atoms with Gasteiger partial charge in [-0.05, 0) is 43.2 Å². The summed E-state index contributed by atoms with van der Waals surface area (Å²) in [6, 6.07) is 6.65. The molecule has 4 nitrogen and oxygen atoms in total. The van der Waals surface area contributed by atoms with Crippen molar-refractivity contribution in [1.82, 2.24) is 5.32 Å². The maximum absolute atomic E-state index is 11.4. The van der Waals surface area contributed by atoms with Crippen LogP contribution in [0.1, 0.15) is 18.4 Å². The summed E-state index contributed by atoms with van der Waals surface area (Å²) in [6.45, 7) is 1.30. The number of unbranched alkanes of at least 4 members (excludes halogenated alkanes) is 1. The summed E-state index contributed by atoms with van der Waals surface area (Å²) >= 11 is 0. The molecule has 0 radical (unpaired) electrons.